The van der Waals surface area contributed by atoms with E-state index in [0.29, 0.717) is 28.8 Å². The van der Waals surface area contributed by atoms with Crippen molar-refractivity contribution in [1.29, 1.82) is 0 Å². The Labute approximate surface area is 181 Å². The van der Waals surface area contributed by atoms with Crippen LogP contribution in [0.5, 0.6) is 5.75 Å². The molecule has 31 heavy (non-hydrogen) atoms. The van der Waals surface area contributed by atoms with Crippen molar-refractivity contribution in [2.24, 2.45) is 22.6 Å². The fourth-order valence-electron chi connectivity index (χ4n) is 4.43. The van der Waals surface area contributed by atoms with Gasteiger partial charge >= 0.3 is 6.61 Å². The van der Waals surface area contributed by atoms with E-state index < -0.39 is 23.9 Å². The Hall–Kier alpha value is -2.75. The SMILES string of the molecule is C[C@@H]1C[C@H]2CSC(N)=N[C@@]2(c2cc(NC(=O)c3ccc(OC(F)F)cn3)ccc2F)C1. The van der Waals surface area contributed by atoms with Crippen molar-refractivity contribution in [2.75, 3.05) is 11.1 Å². The predicted molar refractivity (Wildman–Crippen MR) is 113 cm³/mol. The van der Waals surface area contributed by atoms with Crippen molar-refractivity contribution in [3.63, 3.8) is 0 Å². The maximum Gasteiger partial charge on any atom is 0.387 e. The number of rotatable bonds is 5. The predicted octanol–water partition coefficient (Wildman–Crippen LogP) is 4.38. The number of nitrogens with two attached hydrogens (primary N) is 1. The number of hydrogen-bond donors (Lipinski definition) is 2. The molecule has 0 radical (unpaired) electrons. The number of carbonyl (C=O) groups excluding carboxylic acids is 1. The van der Waals surface area contributed by atoms with Crippen molar-refractivity contribution < 1.29 is 22.7 Å². The second-order valence-electron chi connectivity index (χ2n) is 7.83. The summed E-state index contributed by atoms with van der Waals surface area (Å²) in [7, 11) is 0. The highest BCUT2D eigenvalue weighted by atomic mass is 32.2. The average molecular weight is 450 g/mol. The molecule has 3 atom stereocenters. The molecule has 1 aromatic carbocycles. The van der Waals surface area contributed by atoms with Crippen LogP contribution in [0.25, 0.3) is 0 Å². The Morgan fingerprint density at radius 1 is 1.35 bits per heavy atom. The second-order valence-corrected chi connectivity index (χ2v) is 8.87. The van der Waals surface area contributed by atoms with Gasteiger partial charge in [-0.3, -0.25) is 9.79 Å². The van der Waals surface area contributed by atoms with E-state index in [0.717, 1.165) is 18.4 Å². The molecule has 3 N–H and O–H groups in total. The fraction of sp³-hybridized carbons (Fsp3) is 0.381. The van der Waals surface area contributed by atoms with E-state index >= 15 is 0 Å². The zero-order chi connectivity index (χ0) is 22.2. The van der Waals surface area contributed by atoms with E-state index in [9.17, 15) is 18.0 Å². The molecule has 2 aromatic rings. The van der Waals surface area contributed by atoms with Gasteiger partial charge in [-0.2, -0.15) is 8.78 Å². The van der Waals surface area contributed by atoms with E-state index in [1.54, 1.807) is 6.07 Å². The highest BCUT2D eigenvalue weighted by Gasteiger charge is 2.50. The molecule has 1 amide bonds. The first-order valence-corrected chi connectivity index (χ1v) is 10.8. The van der Waals surface area contributed by atoms with Gasteiger partial charge in [0.1, 0.15) is 17.3 Å². The van der Waals surface area contributed by atoms with Gasteiger partial charge in [-0.1, -0.05) is 18.7 Å². The Kier molecular flexibility index (Phi) is 5.83. The number of carbonyl (C=O) groups is 1. The van der Waals surface area contributed by atoms with Crippen LogP contribution in [0.4, 0.5) is 18.9 Å². The number of fused-ring (bicyclic) bond motifs is 1. The Bertz CT molecular complexity index is 1020. The molecule has 0 bridgehead atoms. The maximum atomic E-state index is 14.9. The lowest BCUT2D eigenvalue weighted by Crippen LogP contribution is -2.37. The molecule has 1 saturated carbocycles. The molecule has 1 aliphatic carbocycles. The number of halogens is 3. The molecule has 4 rings (SSSR count). The van der Waals surface area contributed by atoms with Crippen LogP contribution < -0.4 is 15.8 Å². The van der Waals surface area contributed by atoms with Crippen LogP contribution in [0.15, 0.2) is 41.5 Å². The topological polar surface area (TPSA) is 89.6 Å². The third-order valence-electron chi connectivity index (χ3n) is 5.65. The largest absolute Gasteiger partial charge is 0.433 e. The third kappa shape index (κ3) is 4.34. The minimum Gasteiger partial charge on any atom is -0.433 e. The van der Waals surface area contributed by atoms with E-state index in [4.69, 9.17) is 5.73 Å². The number of aliphatic imine (C=N–C) groups is 1. The highest BCUT2D eigenvalue weighted by molar-refractivity contribution is 8.13. The van der Waals surface area contributed by atoms with Crippen molar-refractivity contribution in [2.45, 2.75) is 31.9 Å². The zero-order valence-electron chi connectivity index (χ0n) is 16.6. The number of aromatic nitrogens is 1. The molecule has 1 fully saturated rings. The molecule has 1 aromatic heterocycles. The van der Waals surface area contributed by atoms with E-state index in [-0.39, 0.29) is 17.4 Å². The number of nitrogens with one attached hydrogen (secondary N) is 1. The van der Waals surface area contributed by atoms with Crippen LogP contribution >= 0.6 is 11.8 Å². The van der Waals surface area contributed by atoms with Gasteiger partial charge in [0.15, 0.2) is 5.17 Å². The van der Waals surface area contributed by atoms with E-state index in [2.05, 4.69) is 27.0 Å². The summed E-state index contributed by atoms with van der Waals surface area (Å²) < 4.78 is 43.7. The number of pyridine rings is 1. The van der Waals surface area contributed by atoms with Crippen molar-refractivity contribution >= 4 is 28.5 Å². The van der Waals surface area contributed by atoms with Crippen LogP contribution in [0, 0.1) is 17.7 Å². The van der Waals surface area contributed by atoms with Crippen LogP contribution in [-0.2, 0) is 5.54 Å². The molecule has 2 heterocycles. The summed E-state index contributed by atoms with van der Waals surface area (Å²) in [5.41, 5.74) is 6.06. The maximum absolute atomic E-state index is 14.9. The number of hydrogen-bond acceptors (Lipinski definition) is 6. The van der Waals surface area contributed by atoms with Crippen molar-refractivity contribution in [3.8, 4) is 5.75 Å². The quantitative estimate of drug-likeness (QED) is 0.706. The first-order valence-electron chi connectivity index (χ1n) is 9.77. The summed E-state index contributed by atoms with van der Waals surface area (Å²) in [4.78, 5) is 21.1. The standard InChI is InChI=1S/C21H21F3N4O2S/c1-11-6-12-10-31-20(25)28-21(12,8-11)15-7-13(2-4-16(15)22)27-18(29)17-5-3-14(9-26-17)30-19(23)24/h2-5,7,9,11-12,19H,6,8,10H2,1H3,(H2,25,28)(H,27,29)/t11-,12+,21+/m1/s1. The number of alkyl halides is 2. The first kappa shape index (κ1) is 21.5. The molecule has 2 aliphatic rings. The van der Waals surface area contributed by atoms with Gasteiger partial charge in [-0.25, -0.2) is 9.37 Å². The van der Waals surface area contributed by atoms with Crippen LogP contribution in [0.2, 0.25) is 0 Å². The lowest BCUT2D eigenvalue weighted by atomic mass is 9.81. The lowest BCUT2D eigenvalue weighted by Gasteiger charge is -2.36. The number of amides is 1. The van der Waals surface area contributed by atoms with Crippen LogP contribution in [0.3, 0.4) is 0 Å². The highest BCUT2D eigenvalue weighted by Crippen LogP contribution is 2.53. The fourth-order valence-corrected chi connectivity index (χ4v) is 5.44. The normalized spacial score (nSPS) is 25.1. The van der Waals surface area contributed by atoms with Crippen LogP contribution in [-0.4, -0.2) is 28.4 Å². The lowest BCUT2D eigenvalue weighted by molar-refractivity contribution is -0.0500. The number of ether oxygens (including phenoxy) is 1. The zero-order valence-corrected chi connectivity index (χ0v) is 17.5. The smallest absolute Gasteiger partial charge is 0.387 e. The summed E-state index contributed by atoms with van der Waals surface area (Å²) in [6.07, 6.45) is 2.65. The molecular weight excluding hydrogens is 429 g/mol. The molecule has 0 saturated heterocycles. The average Bonchev–Trinajstić information content (AvgIpc) is 3.05. The summed E-state index contributed by atoms with van der Waals surface area (Å²) >= 11 is 1.48. The number of amidine groups is 1. The Morgan fingerprint density at radius 2 is 2.16 bits per heavy atom. The number of benzene rings is 1. The molecule has 164 valence electrons. The number of nitrogens with zero attached hydrogens (tertiary/aromatic N) is 2. The van der Waals surface area contributed by atoms with Gasteiger partial charge in [-0.05, 0) is 55.0 Å². The molecule has 0 spiro atoms. The monoisotopic (exact) mass is 450 g/mol. The molecular formula is C21H21F3N4O2S. The van der Waals surface area contributed by atoms with Crippen molar-refractivity contribution in [1.82, 2.24) is 4.98 Å². The van der Waals surface area contributed by atoms with Gasteiger partial charge in [0, 0.05) is 17.0 Å². The minimum atomic E-state index is -2.98. The third-order valence-corrected chi connectivity index (χ3v) is 6.60. The van der Waals surface area contributed by atoms with Gasteiger partial charge in [0.25, 0.3) is 5.91 Å². The molecule has 6 nitrogen and oxygen atoms in total. The second kappa shape index (κ2) is 8.41. The van der Waals surface area contributed by atoms with Crippen molar-refractivity contribution in [3.05, 3.63) is 53.6 Å². The minimum absolute atomic E-state index is 0.00866. The molecule has 10 heteroatoms. The summed E-state index contributed by atoms with van der Waals surface area (Å²) in [5.74, 6) is 0.193. The van der Waals surface area contributed by atoms with E-state index in [1.807, 2.05) is 0 Å². The number of thioether (sulfide) groups is 1. The number of anilines is 1. The Balaban J connectivity index is 1.60. The van der Waals surface area contributed by atoms with Gasteiger partial charge in [0.05, 0.1) is 11.7 Å². The molecule has 0 unspecified atom stereocenters. The first-order chi connectivity index (χ1) is 14.8. The van der Waals surface area contributed by atoms with E-state index in [1.165, 1.54) is 36.0 Å². The summed E-state index contributed by atoms with van der Waals surface area (Å²) in [5, 5.41) is 3.12. The Morgan fingerprint density at radius 3 is 2.87 bits per heavy atom. The van der Waals surface area contributed by atoms with Gasteiger partial charge in [0.2, 0.25) is 0 Å². The molecule has 1 aliphatic heterocycles. The van der Waals surface area contributed by atoms with Gasteiger partial charge < -0.3 is 15.8 Å². The van der Waals surface area contributed by atoms with Gasteiger partial charge in [-0.15, -0.1) is 0 Å². The summed E-state index contributed by atoms with van der Waals surface area (Å²) in [6.45, 7) is -0.858. The summed E-state index contributed by atoms with van der Waals surface area (Å²) in [6, 6.07) is 6.86. The van der Waals surface area contributed by atoms with Crippen LogP contribution in [0.1, 0.15) is 35.8 Å².